The number of amides is 1. The lowest BCUT2D eigenvalue weighted by atomic mass is 9.71. The summed E-state index contributed by atoms with van der Waals surface area (Å²) >= 11 is 0. The fraction of sp³-hybridized carbons (Fsp3) is 0.476. The average molecular weight is 382 g/mol. The van der Waals surface area contributed by atoms with Gasteiger partial charge in [0.15, 0.2) is 0 Å². The molecular formula is C21H26N4O3. The van der Waals surface area contributed by atoms with Gasteiger partial charge < -0.3 is 19.4 Å². The Morgan fingerprint density at radius 3 is 2.86 bits per heavy atom. The van der Waals surface area contributed by atoms with Crippen molar-refractivity contribution in [3.63, 3.8) is 0 Å². The zero-order valence-corrected chi connectivity index (χ0v) is 16.1. The van der Waals surface area contributed by atoms with E-state index >= 15 is 0 Å². The maximum Gasteiger partial charge on any atom is 0.266 e. The van der Waals surface area contributed by atoms with Gasteiger partial charge in [-0.25, -0.2) is 0 Å². The van der Waals surface area contributed by atoms with Gasteiger partial charge in [-0.2, -0.15) is 4.98 Å². The van der Waals surface area contributed by atoms with Crippen LogP contribution in [0.3, 0.4) is 0 Å². The van der Waals surface area contributed by atoms with Crippen LogP contribution in [-0.2, 0) is 4.79 Å². The van der Waals surface area contributed by atoms with Gasteiger partial charge in [0.2, 0.25) is 11.8 Å². The quantitative estimate of drug-likeness (QED) is 0.820. The number of anilines is 1. The van der Waals surface area contributed by atoms with Crippen LogP contribution in [0.2, 0.25) is 0 Å². The third-order valence-electron chi connectivity index (χ3n) is 5.82. The third kappa shape index (κ3) is 3.80. The van der Waals surface area contributed by atoms with Gasteiger partial charge in [-0.3, -0.25) is 4.79 Å². The number of aromatic nitrogens is 2. The van der Waals surface area contributed by atoms with Crippen molar-refractivity contribution in [3.05, 3.63) is 47.9 Å². The first-order valence-electron chi connectivity index (χ1n) is 9.81. The molecule has 1 aromatic heterocycles. The molecule has 1 spiro atoms. The van der Waals surface area contributed by atoms with Crippen LogP contribution in [0.4, 0.5) is 5.95 Å². The Morgan fingerprint density at radius 1 is 1.29 bits per heavy atom. The predicted octanol–water partition coefficient (Wildman–Crippen LogP) is 2.27. The van der Waals surface area contributed by atoms with Gasteiger partial charge >= 0.3 is 0 Å². The van der Waals surface area contributed by atoms with Crippen LogP contribution in [-0.4, -0.2) is 58.3 Å². The molecule has 4 rings (SSSR count). The summed E-state index contributed by atoms with van der Waals surface area (Å²) in [5, 5.41) is 14.8. The number of hydrogen-bond donors (Lipinski definition) is 1. The van der Waals surface area contributed by atoms with Gasteiger partial charge in [0.25, 0.3) is 5.95 Å². The highest BCUT2D eigenvalue weighted by atomic mass is 16.5. The summed E-state index contributed by atoms with van der Waals surface area (Å²) in [4.78, 5) is 21.0. The molecule has 0 bridgehead atoms. The minimum Gasteiger partial charge on any atom is -0.392 e. The number of aliphatic hydroxyl groups is 1. The Morgan fingerprint density at radius 2 is 2.11 bits per heavy atom. The minimum absolute atomic E-state index is 0.0114. The number of hydrogen-bond acceptors (Lipinski definition) is 6. The topological polar surface area (TPSA) is 82.7 Å². The predicted molar refractivity (Wildman–Crippen MR) is 106 cm³/mol. The second-order valence-corrected chi connectivity index (χ2v) is 7.81. The number of benzene rings is 1. The molecule has 148 valence electrons. The van der Waals surface area contributed by atoms with Crippen molar-refractivity contribution in [3.8, 4) is 0 Å². The second kappa shape index (κ2) is 7.75. The van der Waals surface area contributed by atoms with Crippen LogP contribution < -0.4 is 4.90 Å². The molecule has 1 aromatic carbocycles. The molecule has 2 aromatic rings. The Labute approximate surface area is 164 Å². The lowest BCUT2D eigenvalue weighted by Crippen LogP contribution is -2.60. The van der Waals surface area contributed by atoms with Crippen molar-refractivity contribution in [1.82, 2.24) is 15.0 Å². The van der Waals surface area contributed by atoms with Gasteiger partial charge in [0, 0.05) is 44.6 Å². The Hall–Kier alpha value is -2.67. The Kier molecular flexibility index (Phi) is 5.17. The van der Waals surface area contributed by atoms with Gasteiger partial charge in [-0.05, 0) is 36.1 Å². The highest BCUT2D eigenvalue weighted by molar-refractivity contribution is 5.91. The Bertz CT molecular complexity index is 850. The van der Waals surface area contributed by atoms with Crippen molar-refractivity contribution < 1.29 is 14.4 Å². The molecule has 0 saturated carbocycles. The van der Waals surface area contributed by atoms with Gasteiger partial charge in [0.1, 0.15) is 0 Å². The molecule has 1 amide bonds. The zero-order valence-electron chi connectivity index (χ0n) is 16.1. The largest absolute Gasteiger partial charge is 0.392 e. The first-order chi connectivity index (χ1) is 13.6. The number of piperidine rings is 2. The first kappa shape index (κ1) is 18.7. The number of aryl methyl sites for hydroxylation is 1. The van der Waals surface area contributed by atoms with E-state index < -0.39 is 6.10 Å². The highest BCUT2D eigenvalue weighted by Crippen LogP contribution is 2.39. The lowest BCUT2D eigenvalue weighted by Gasteiger charge is -2.50. The molecule has 3 heterocycles. The summed E-state index contributed by atoms with van der Waals surface area (Å²) in [6.07, 6.45) is 5.43. The van der Waals surface area contributed by atoms with E-state index in [1.165, 1.54) is 0 Å². The van der Waals surface area contributed by atoms with Crippen LogP contribution in [0.5, 0.6) is 0 Å². The standard InChI is InChI=1S/C21H26N4O3/c1-16-22-20(23-28-16)25-13-10-18(26)21(15-25)11-5-12-24(14-21)19(27)9-8-17-6-3-2-4-7-17/h2-4,6-9,18,26H,5,10-15H2,1H3/t18-,21+/m1/s1. The van der Waals surface area contributed by atoms with E-state index in [0.717, 1.165) is 18.4 Å². The van der Waals surface area contributed by atoms with E-state index in [0.29, 0.717) is 44.4 Å². The van der Waals surface area contributed by atoms with Crippen LogP contribution in [0.25, 0.3) is 6.08 Å². The van der Waals surface area contributed by atoms with Crippen LogP contribution in [0.1, 0.15) is 30.7 Å². The molecule has 2 saturated heterocycles. The number of nitrogens with zero attached hydrogens (tertiary/aromatic N) is 4. The zero-order chi connectivity index (χ0) is 19.6. The lowest BCUT2D eigenvalue weighted by molar-refractivity contribution is -0.132. The normalized spacial score (nSPS) is 25.6. The van der Waals surface area contributed by atoms with Gasteiger partial charge in [-0.15, -0.1) is 0 Å². The number of rotatable bonds is 3. The number of carbonyl (C=O) groups is 1. The maximum absolute atomic E-state index is 12.8. The van der Waals surface area contributed by atoms with Crippen LogP contribution >= 0.6 is 0 Å². The molecule has 7 nitrogen and oxygen atoms in total. The van der Waals surface area contributed by atoms with Crippen molar-refractivity contribution in [2.75, 3.05) is 31.1 Å². The van der Waals surface area contributed by atoms with Gasteiger partial charge in [0.05, 0.1) is 6.10 Å². The maximum atomic E-state index is 12.8. The number of aliphatic hydroxyl groups excluding tert-OH is 1. The van der Waals surface area contributed by atoms with Crippen molar-refractivity contribution in [2.45, 2.75) is 32.3 Å². The third-order valence-corrected chi connectivity index (χ3v) is 5.82. The summed E-state index contributed by atoms with van der Waals surface area (Å²) in [5.41, 5.74) is 0.639. The molecule has 2 aliphatic rings. The fourth-order valence-electron chi connectivity index (χ4n) is 4.32. The molecule has 28 heavy (non-hydrogen) atoms. The van der Waals surface area contributed by atoms with Crippen molar-refractivity contribution in [1.29, 1.82) is 0 Å². The molecule has 7 heteroatoms. The first-order valence-corrected chi connectivity index (χ1v) is 9.81. The molecule has 0 unspecified atom stereocenters. The molecule has 2 fully saturated rings. The summed E-state index contributed by atoms with van der Waals surface area (Å²) in [6.45, 7) is 4.33. The smallest absolute Gasteiger partial charge is 0.266 e. The highest BCUT2D eigenvalue weighted by Gasteiger charge is 2.46. The molecule has 2 atom stereocenters. The van der Waals surface area contributed by atoms with E-state index in [4.69, 9.17) is 4.52 Å². The number of likely N-dealkylation sites (tertiary alicyclic amines) is 1. The van der Waals surface area contributed by atoms with E-state index in [1.807, 2.05) is 41.3 Å². The SMILES string of the molecule is Cc1nc(N2CC[C@@H](O)[C@]3(CCCN(C(=O)C=Cc4ccccc4)C3)C2)no1. The Balaban J connectivity index is 1.48. The molecule has 1 N–H and O–H groups in total. The van der Waals surface area contributed by atoms with Gasteiger partial charge in [-0.1, -0.05) is 30.3 Å². The molecule has 0 aliphatic carbocycles. The van der Waals surface area contributed by atoms with Crippen LogP contribution in [0, 0.1) is 12.3 Å². The van der Waals surface area contributed by atoms with E-state index in [9.17, 15) is 9.90 Å². The summed E-state index contributed by atoms with van der Waals surface area (Å²) in [7, 11) is 0. The summed E-state index contributed by atoms with van der Waals surface area (Å²) in [6, 6.07) is 9.79. The summed E-state index contributed by atoms with van der Waals surface area (Å²) in [5.74, 6) is 1.08. The fourth-order valence-corrected chi connectivity index (χ4v) is 4.32. The van der Waals surface area contributed by atoms with Crippen LogP contribution in [0.15, 0.2) is 40.9 Å². The van der Waals surface area contributed by atoms with Crippen molar-refractivity contribution in [2.24, 2.45) is 5.41 Å². The monoisotopic (exact) mass is 382 g/mol. The molecule has 2 aliphatic heterocycles. The van der Waals surface area contributed by atoms with E-state index in [2.05, 4.69) is 15.0 Å². The van der Waals surface area contributed by atoms with E-state index in [-0.39, 0.29) is 11.3 Å². The second-order valence-electron chi connectivity index (χ2n) is 7.81. The summed E-state index contributed by atoms with van der Waals surface area (Å²) < 4.78 is 5.11. The van der Waals surface area contributed by atoms with Crippen molar-refractivity contribution >= 4 is 17.9 Å². The average Bonchev–Trinajstić information content (AvgIpc) is 3.16. The molecule has 0 radical (unpaired) electrons. The van der Waals surface area contributed by atoms with E-state index in [1.54, 1.807) is 13.0 Å². The minimum atomic E-state index is -0.439. The molecular weight excluding hydrogens is 356 g/mol. The number of carbonyl (C=O) groups excluding carboxylic acids is 1.